The van der Waals surface area contributed by atoms with E-state index in [9.17, 15) is 0 Å². The summed E-state index contributed by atoms with van der Waals surface area (Å²) in [6.45, 7) is 6.49. The Hall–Kier alpha value is 0.550. The zero-order valence-electron chi connectivity index (χ0n) is 10.6. The van der Waals surface area contributed by atoms with Crippen molar-refractivity contribution in [1.82, 2.24) is 9.97 Å². The highest BCUT2D eigenvalue weighted by Crippen LogP contribution is 2.42. The molecular formula is C12H16BrClN2S2. The molecule has 0 radical (unpaired) electrons. The Bertz CT molecular complexity index is 442. The summed E-state index contributed by atoms with van der Waals surface area (Å²) in [7, 11) is 0. The first-order valence-corrected chi connectivity index (χ1v) is 9.23. The average Bonchev–Trinajstić information content (AvgIpc) is 2.33. The molecule has 0 bridgehead atoms. The van der Waals surface area contributed by atoms with Crippen LogP contribution in [0.3, 0.4) is 0 Å². The summed E-state index contributed by atoms with van der Waals surface area (Å²) in [4.78, 5) is 9.19. The highest BCUT2D eigenvalue weighted by atomic mass is 79.9. The fraction of sp³-hybridized carbons (Fsp3) is 0.667. The minimum atomic E-state index is 0.343. The predicted octanol–water partition coefficient (Wildman–Crippen LogP) is 4.93. The van der Waals surface area contributed by atoms with Gasteiger partial charge in [0.2, 0.25) is 0 Å². The number of halogens is 2. The van der Waals surface area contributed by atoms with Crippen LogP contribution in [0.1, 0.15) is 43.5 Å². The molecule has 1 aromatic rings. The van der Waals surface area contributed by atoms with Crippen LogP contribution in [0, 0.1) is 0 Å². The Kier molecular flexibility index (Phi) is 5.26. The van der Waals surface area contributed by atoms with Crippen molar-refractivity contribution in [2.45, 2.75) is 37.2 Å². The Labute approximate surface area is 130 Å². The Balaban J connectivity index is 2.38. The third-order valence-corrected chi connectivity index (χ3v) is 7.21. The zero-order valence-corrected chi connectivity index (χ0v) is 14.6. The lowest BCUT2D eigenvalue weighted by atomic mass is 10.1. The van der Waals surface area contributed by atoms with Gasteiger partial charge in [-0.15, -0.1) is 11.8 Å². The number of rotatable bonds is 2. The number of aromatic nitrogens is 2. The summed E-state index contributed by atoms with van der Waals surface area (Å²) >= 11 is 13.6. The van der Waals surface area contributed by atoms with Gasteiger partial charge in [-0.05, 0) is 21.8 Å². The molecule has 100 valence electrons. The summed E-state index contributed by atoms with van der Waals surface area (Å²) in [5.74, 6) is 3.60. The SMILES string of the molecule is CC(C)c1nc(C2SCCSC2C)nc(Cl)c1Br. The monoisotopic (exact) mass is 366 g/mol. The summed E-state index contributed by atoms with van der Waals surface area (Å²) in [5, 5.41) is 1.43. The molecule has 2 nitrogen and oxygen atoms in total. The Morgan fingerprint density at radius 3 is 2.56 bits per heavy atom. The van der Waals surface area contributed by atoms with E-state index in [4.69, 9.17) is 16.6 Å². The molecule has 0 amide bonds. The molecule has 1 aromatic heterocycles. The molecule has 0 aliphatic carbocycles. The van der Waals surface area contributed by atoms with E-state index in [0.717, 1.165) is 21.7 Å². The highest BCUT2D eigenvalue weighted by Gasteiger charge is 2.28. The van der Waals surface area contributed by atoms with E-state index in [2.05, 4.69) is 41.7 Å². The molecule has 1 fully saturated rings. The molecule has 2 unspecified atom stereocenters. The fourth-order valence-corrected chi connectivity index (χ4v) is 5.39. The highest BCUT2D eigenvalue weighted by molar-refractivity contribution is 9.10. The second-order valence-corrected chi connectivity index (χ2v) is 8.48. The van der Waals surface area contributed by atoms with Crippen LogP contribution in [0.4, 0.5) is 0 Å². The molecule has 2 atom stereocenters. The lowest BCUT2D eigenvalue weighted by Crippen LogP contribution is -2.19. The third-order valence-electron chi connectivity index (χ3n) is 2.84. The van der Waals surface area contributed by atoms with E-state index in [1.165, 1.54) is 5.75 Å². The zero-order chi connectivity index (χ0) is 13.3. The lowest BCUT2D eigenvalue weighted by Gasteiger charge is -2.27. The molecule has 6 heteroatoms. The van der Waals surface area contributed by atoms with Crippen LogP contribution < -0.4 is 0 Å². The minimum Gasteiger partial charge on any atom is -0.235 e. The predicted molar refractivity (Wildman–Crippen MR) is 86.0 cm³/mol. The molecule has 1 aliphatic heterocycles. The molecular weight excluding hydrogens is 352 g/mol. The van der Waals surface area contributed by atoms with Crippen molar-refractivity contribution >= 4 is 51.1 Å². The first kappa shape index (κ1) is 14.9. The summed E-state index contributed by atoms with van der Waals surface area (Å²) < 4.78 is 0.837. The van der Waals surface area contributed by atoms with Crippen molar-refractivity contribution in [3.05, 3.63) is 21.1 Å². The molecule has 18 heavy (non-hydrogen) atoms. The van der Waals surface area contributed by atoms with Crippen LogP contribution >= 0.6 is 51.1 Å². The molecule has 0 spiro atoms. The maximum atomic E-state index is 6.22. The number of hydrogen-bond donors (Lipinski definition) is 0. The van der Waals surface area contributed by atoms with Crippen molar-refractivity contribution in [3.8, 4) is 0 Å². The van der Waals surface area contributed by atoms with Gasteiger partial charge in [0.25, 0.3) is 0 Å². The van der Waals surface area contributed by atoms with Gasteiger partial charge < -0.3 is 0 Å². The number of hydrogen-bond acceptors (Lipinski definition) is 4. The molecule has 1 aliphatic rings. The summed E-state index contributed by atoms with van der Waals surface area (Å²) in [6.07, 6.45) is 0. The second-order valence-electron chi connectivity index (χ2n) is 4.59. The number of nitrogens with zero attached hydrogens (tertiary/aromatic N) is 2. The van der Waals surface area contributed by atoms with E-state index >= 15 is 0 Å². The van der Waals surface area contributed by atoms with E-state index in [0.29, 0.717) is 21.6 Å². The molecule has 2 rings (SSSR count). The maximum absolute atomic E-state index is 6.22. The molecule has 0 aromatic carbocycles. The van der Waals surface area contributed by atoms with Gasteiger partial charge in [-0.1, -0.05) is 32.4 Å². The Morgan fingerprint density at radius 1 is 1.28 bits per heavy atom. The van der Waals surface area contributed by atoms with Gasteiger partial charge in [-0.3, -0.25) is 0 Å². The van der Waals surface area contributed by atoms with Crippen LogP contribution in [-0.4, -0.2) is 26.7 Å². The van der Waals surface area contributed by atoms with Gasteiger partial charge in [0.05, 0.1) is 15.4 Å². The summed E-state index contributed by atoms with van der Waals surface area (Å²) in [6, 6.07) is 0. The fourth-order valence-electron chi connectivity index (χ4n) is 1.88. The molecule has 2 heterocycles. The van der Waals surface area contributed by atoms with Crippen molar-refractivity contribution in [2.24, 2.45) is 0 Å². The second kappa shape index (κ2) is 6.33. The molecule has 0 saturated carbocycles. The lowest BCUT2D eigenvalue weighted by molar-refractivity contribution is 0.753. The van der Waals surface area contributed by atoms with Gasteiger partial charge in [0, 0.05) is 16.8 Å². The standard InChI is InChI=1S/C12H16BrClN2S2/c1-6(2)9-8(13)11(14)16-12(15-9)10-7(3)17-4-5-18-10/h6-7,10H,4-5H2,1-3H3. The molecule has 0 N–H and O–H groups in total. The van der Waals surface area contributed by atoms with Crippen LogP contribution in [0.25, 0.3) is 0 Å². The van der Waals surface area contributed by atoms with Crippen LogP contribution in [0.2, 0.25) is 5.15 Å². The summed E-state index contributed by atoms with van der Waals surface area (Å²) in [5.41, 5.74) is 1.01. The smallest absolute Gasteiger partial charge is 0.147 e. The Morgan fingerprint density at radius 2 is 1.94 bits per heavy atom. The van der Waals surface area contributed by atoms with Crippen molar-refractivity contribution in [3.63, 3.8) is 0 Å². The third kappa shape index (κ3) is 3.17. The maximum Gasteiger partial charge on any atom is 0.147 e. The van der Waals surface area contributed by atoms with Crippen LogP contribution in [0.5, 0.6) is 0 Å². The van der Waals surface area contributed by atoms with Gasteiger partial charge >= 0.3 is 0 Å². The van der Waals surface area contributed by atoms with Crippen molar-refractivity contribution in [2.75, 3.05) is 11.5 Å². The quantitative estimate of drug-likeness (QED) is 0.692. The van der Waals surface area contributed by atoms with E-state index in [1.807, 2.05) is 23.5 Å². The van der Waals surface area contributed by atoms with Crippen molar-refractivity contribution in [1.29, 1.82) is 0 Å². The first-order valence-electron chi connectivity index (χ1n) is 5.96. The van der Waals surface area contributed by atoms with Gasteiger partial charge in [0.1, 0.15) is 11.0 Å². The minimum absolute atomic E-state index is 0.343. The normalized spacial score (nSPS) is 24.6. The van der Waals surface area contributed by atoms with Gasteiger partial charge in [-0.25, -0.2) is 9.97 Å². The largest absolute Gasteiger partial charge is 0.235 e. The van der Waals surface area contributed by atoms with Crippen molar-refractivity contribution < 1.29 is 0 Å². The van der Waals surface area contributed by atoms with E-state index in [-0.39, 0.29) is 0 Å². The van der Waals surface area contributed by atoms with Crippen LogP contribution in [0.15, 0.2) is 4.47 Å². The number of thioether (sulfide) groups is 2. The average molecular weight is 368 g/mol. The first-order chi connectivity index (χ1) is 8.50. The molecule has 1 saturated heterocycles. The van der Waals surface area contributed by atoms with Crippen LogP contribution in [-0.2, 0) is 0 Å². The van der Waals surface area contributed by atoms with E-state index in [1.54, 1.807) is 0 Å². The van der Waals surface area contributed by atoms with Gasteiger partial charge in [-0.2, -0.15) is 11.8 Å². The van der Waals surface area contributed by atoms with E-state index < -0.39 is 0 Å². The van der Waals surface area contributed by atoms with Gasteiger partial charge in [0.15, 0.2) is 0 Å². The topological polar surface area (TPSA) is 25.8 Å².